The van der Waals surface area contributed by atoms with Crippen molar-refractivity contribution in [3.05, 3.63) is 60.2 Å². The number of nitrogens with one attached hydrogen (secondary N) is 2. The number of benzene rings is 2. The zero-order chi connectivity index (χ0) is 23.0. The van der Waals surface area contributed by atoms with Gasteiger partial charge in [-0.05, 0) is 36.8 Å². The van der Waals surface area contributed by atoms with Crippen molar-refractivity contribution in [3.63, 3.8) is 0 Å². The quantitative estimate of drug-likeness (QED) is 0.303. The number of carboxylic acids is 1. The van der Waals surface area contributed by atoms with Crippen molar-refractivity contribution in [1.82, 2.24) is 4.83 Å². The SMILES string of the molecule is COc1ccc(S(=O)(=O)N/N=C(/C)c2ccc(NC(=O)/C=C/C(=O)O)cc2)c(OC)c1. The third-order valence-electron chi connectivity index (χ3n) is 3.94. The number of carbonyl (C=O) groups excluding carboxylic acids is 1. The largest absolute Gasteiger partial charge is 0.497 e. The lowest BCUT2D eigenvalue weighted by Gasteiger charge is -2.11. The fourth-order valence-electron chi connectivity index (χ4n) is 2.36. The molecule has 0 aliphatic carbocycles. The molecule has 164 valence electrons. The van der Waals surface area contributed by atoms with E-state index >= 15 is 0 Å². The van der Waals surface area contributed by atoms with Gasteiger partial charge in [-0.15, -0.1) is 0 Å². The van der Waals surface area contributed by atoms with Crippen molar-refractivity contribution in [2.75, 3.05) is 19.5 Å². The predicted octanol–water partition coefficient (Wildman–Crippen LogP) is 1.99. The van der Waals surface area contributed by atoms with Crippen LogP contribution in [0.2, 0.25) is 0 Å². The Bertz CT molecular complexity index is 1120. The van der Waals surface area contributed by atoms with Gasteiger partial charge >= 0.3 is 5.97 Å². The van der Waals surface area contributed by atoms with E-state index in [0.717, 1.165) is 12.2 Å². The van der Waals surface area contributed by atoms with Crippen LogP contribution >= 0.6 is 0 Å². The van der Waals surface area contributed by atoms with Crippen molar-refractivity contribution in [3.8, 4) is 11.5 Å². The molecule has 0 radical (unpaired) electrons. The number of amides is 1. The Morgan fingerprint density at radius 3 is 2.29 bits per heavy atom. The van der Waals surface area contributed by atoms with Gasteiger partial charge in [0.2, 0.25) is 5.91 Å². The van der Waals surface area contributed by atoms with Crippen molar-refractivity contribution in [2.45, 2.75) is 11.8 Å². The van der Waals surface area contributed by atoms with E-state index in [0.29, 0.717) is 22.7 Å². The van der Waals surface area contributed by atoms with Gasteiger partial charge in [-0.1, -0.05) is 12.1 Å². The van der Waals surface area contributed by atoms with E-state index in [9.17, 15) is 18.0 Å². The number of hydrogen-bond acceptors (Lipinski definition) is 7. The van der Waals surface area contributed by atoms with E-state index in [1.165, 1.54) is 32.4 Å². The van der Waals surface area contributed by atoms with Crippen molar-refractivity contribution < 1.29 is 32.6 Å². The first-order valence-electron chi connectivity index (χ1n) is 8.77. The molecule has 0 unspecified atom stereocenters. The van der Waals surface area contributed by atoms with Gasteiger partial charge in [-0.2, -0.15) is 18.4 Å². The maximum absolute atomic E-state index is 12.6. The lowest BCUT2D eigenvalue weighted by Crippen LogP contribution is -2.20. The third-order valence-corrected chi connectivity index (χ3v) is 5.19. The number of hydrazone groups is 1. The topological polar surface area (TPSA) is 143 Å². The Kier molecular flexibility index (Phi) is 7.75. The van der Waals surface area contributed by atoms with Crippen LogP contribution in [-0.2, 0) is 19.6 Å². The second kappa shape index (κ2) is 10.3. The Morgan fingerprint density at radius 2 is 1.71 bits per heavy atom. The average molecular weight is 447 g/mol. The highest BCUT2D eigenvalue weighted by Gasteiger charge is 2.20. The van der Waals surface area contributed by atoms with Gasteiger partial charge in [-0.25, -0.2) is 4.79 Å². The van der Waals surface area contributed by atoms with Crippen LogP contribution in [0.15, 0.2) is 64.6 Å². The molecule has 0 atom stereocenters. The first-order chi connectivity index (χ1) is 14.7. The molecule has 31 heavy (non-hydrogen) atoms. The molecule has 0 saturated heterocycles. The van der Waals surface area contributed by atoms with E-state index < -0.39 is 21.9 Å². The molecule has 3 N–H and O–H groups in total. The van der Waals surface area contributed by atoms with Gasteiger partial charge in [-0.3, -0.25) is 4.79 Å². The molecule has 10 nitrogen and oxygen atoms in total. The molecule has 0 aromatic heterocycles. The molecule has 2 aromatic rings. The second-order valence-corrected chi connectivity index (χ2v) is 7.68. The first kappa shape index (κ1) is 23.4. The Hall–Kier alpha value is -3.86. The van der Waals surface area contributed by atoms with Crippen molar-refractivity contribution in [1.29, 1.82) is 0 Å². The van der Waals surface area contributed by atoms with E-state index in [1.54, 1.807) is 31.2 Å². The fourth-order valence-corrected chi connectivity index (χ4v) is 3.37. The highest BCUT2D eigenvalue weighted by Crippen LogP contribution is 2.28. The summed E-state index contributed by atoms with van der Waals surface area (Å²) in [6.45, 7) is 1.61. The van der Waals surface area contributed by atoms with E-state index in [2.05, 4.69) is 15.2 Å². The molecule has 0 spiro atoms. The minimum absolute atomic E-state index is 0.0974. The average Bonchev–Trinajstić information content (AvgIpc) is 2.76. The summed E-state index contributed by atoms with van der Waals surface area (Å²) in [5.41, 5.74) is 1.41. The van der Waals surface area contributed by atoms with Crippen LogP contribution < -0.4 is 19.6 Å². The Morgan fingerprint density at radius 1 is 1.03 bits per heavy atom. The summed E-state index contributed by atoms with van der Waals surface area (Å²) in [7, 11) is -1.20. The van der Waals surface area contributed by atoms with E-state index in [4.69, 9.17) is 14.6 Å². The van der Waals surface area contributed by atoms with E-state index in [-0.39, 0.29) is 10.6 Å². The molecule has 0 bridgehead atoms. The number of nitrogens with zero attached hydrogens (tertiary/aromatic N) is 1. The highest BCUT2D eigenvalue weighted by molar-refractivity contribution is 7.89. The molecule has 2 rings (SSSR count). The zero-order valence-electron chi connectivity index (χ0n) is 16.9. The molecule has 2 aromatic carbocycles. The number of anilines is 1. The molecular weight excluding hydrogens is 426 g/mol. The maximum atomic E-state index is 12.6. The smallest absolute Gasteiger partial charge is 0.328 e. The van der Waals surface area contributed by atoms with Crippen molar-refractivity contribution >= 4 is 33.3 Å². The van der Waals surface area contributed by atoms with Gasteiger partial charge in [0.15, 0.2) is 0 Å². The zero-order valence-corrected chi connectivity index (χ0v) is 17.8. The van der Waals surface area contributed by atoms with Crippen LogP contribution in [-0.4, -0.2) is 45.3 Å². The number of sulfonamides is 1. The molecular formula is C20H21N3O7S. The number of rotatable bonds is 9. The Balaban J connectivity index is 2.13. The van der Waals surface area contributed by atoms with E-state index in [1.807, 2.05) is 0 Å². The molecule has 0 fully saturated rings. The molecule has 0 aliphatic heterocycles. The van der Waals surface area contributed by atoms with Crippen LogP contribution in [0, 0.1) is 0 Å². The monoisotopic (exact) mass is 447 g/mol. The summed E-state index contributed by atoms with van der Waals surface area (Å²) in [6, 6.07) is 10.7. The minimum atomic E-state index is -4.00. The number of carbonyl (C=O) groups is 2. The van der Waals surface area contributed by atoms with Gasteiger partial charge in [0.05, 0.1) is 19.9 Å². The molecule has 0 aliphatic rings. The lowest BCUT2D eigenvalue weighted by molar-refractivity contribution is -0.131. The molecule has 0 saturated carbocycles. The molecule has 1 amide bonds. The second-order valence-electron chi connectivity index (χ2n) is 6.05. The van der Waals surface area contributed by atoms with Gasteiger partial charge in [0, 0.05) is 23.9 Å². The van der Waals surface area contributed by atoms with Crippen LogP contribution in [0.25, 0.3) is 0 Å². The van der Waals surface area contributed by atoms with Gasteiger partial charge in [0.1, 0.15) is 16.4 Å². The first-order valence-corrected chi connectivity index (χ1v) is 10.2. The van der Waals surface area contributed by atoms with Gasteiger partial charge in [0.25, 0.3) is 10.0 Å². The number of methoxy groups -OCH3 is 2. The summed E-state index contributed by atoms with van der Waals surface area (Å²) >= 11 is 0. The summed E-state index contributed by atoms with van der Waals surface area (Å²) in [4.78, 5) is 24.1. The third kappa shape index (κ3) is 6.57. The number of hydrogen-bond donors (Lipinski definition) is 3. The fraction of sp³-hybridized carbons (Fsp3) is 0.150. The minimum Gasteiger partial charge on any atom is -0.497 e. The Labute approximate surface area is 179 Å². The van der Waals surface area contributed by atoms with Crippen LogP contribution in [0.1, 0.15) is 12.5 Å². The summed E-state index contributed by atoms with van der Waals surface area (Å²) in [5, 5.41) is 14.9. The molecule has 0 heterocycles. The summed E-state index contributed by atoms with van der Waals surface area (Å²) in [5.74, 6) is -1.27. The number of aliphatic carboxylic acids is 1. The molecule has 11 heteroatoms. The number of carboxylic acid groups (broad SMARTS) is 1. The van der Waals surface area contributed by atoms with Gasteiger partial charge < -0.3 is 19.9 Å². The normalized spacial score (nSPS) is 11.8. The van der Waals surface area contributed by atoms with Crippen LogP contribution in [0.3, 0.4) is 0 Å². The standard InChI is InChI=1S/C20H21N3O7S/c1-13(14-4-6-15(7-5-14)21-19(24)10-11-20(25)26)22-23-31(27,28)18-9-8-16(29-2)12-17(18)30-3/h4-12,23H,1-3H3,(H,21,24)(H,25,26)/b11-10+,22-13-. The van der Waals surface area contributed by atoms with Crippen molar-refractivity contribution in [2.24, 2.45) is 5.10 Å². The highest BCUT2D eigenvalue weighted by atomic mass is 32.2. The lowest BCUT2D eigenvalue weighted by atomic mass is 10.1. The number of ether oxygens (including phenoxy) is 2. The van der Waals surface area contributed by atoms with Crippen LogP contribution in [0.4, 0.5) is 5.69 Å². The summed E-state index contributed by atoms with van der Waals surface area (Å²) < 4.78 is 35.4. The summed E-state index contributed by atoms with van der Waals surface area (Å²) in [6.07, 6.45) is 1.62. The predicted molar refractivity (Wildman–Crippen MR) is 114 cm³/mol. The maximum Gasteiger partial charge on any atom is 0.328 e. The van der Waals surface area contributed by atoms with Crippen LogP contribution in [0.5, 0.6) is 11.5 Å².